The molecule has 4 heteroatoms. The van der Waals surface area contributed by atoms with Crippen molar-refractivity contribution < 1.29 is 4.74 Å². The molecule has 0 aromatic carbocycles. The van der Waals surface area contributed by atoms with E-state index in [1.165, 1.54) is 12.5 Å². The monoisotopic (exact) mass is 222 g/mol. The molecule has 0 spiro atoms. The number of H-pyrrole nitrogens is 1. The van der Waals surface area contributed by atoms with E-state index in [-0.39, 0.29) is 11.7 Å². The Bertz CT molecular complexity index is 392. The van der Waals surface area contributed by atoms with Crippen molar-refractivity contribution in [3.63, 3.8) is 0 Å². The van der Waals surface area contributed by atoms with Gasteiger partial charge in [-0.05, 0) is 31.1 Å². The molecule has 1 N–H and O–H groups in total. The van der Waals surface area contributed by atoms with E-state index in [9.17, 15) is 4.79 Å². The number of nitrogens with one attached hydrogen (secondary N) is 1. The van der Waals surface area contributed by atoms with Gasteiger partial charge >= 0.3 is 0 Å². The van der Waals surface area contributed by atoms with Gasteiger partial charge in [-0.25, -0.2) is 5.10 Å². The smallest absolute Gasteiger partial charge is 0.267 e. The first-order valence-electron chi connectivity index (χ1n) is 5.85. The predicted molar refractivity (Wildman–Crippen MR) is 61.5 cm³/mol. The Balaban J connectivity index is 2.01. The van der Waals surface area contributed by atoms with Crippen LogP contribution in [0.1, 0.15) is 33.1 Å². The first-order valence-corrected chi connectivity index (χ1v) is 5.85. The first-order chi connectivity index (χ1) is 7.63. The highest BCUT2D eigenvalue weighted by Crippen LogP contribution is 2.30. The number of aromatic amines is 1. The lowest BCUT2D eigenvalue weighted by atomic mass is 9.82. The topological polar surface area (TPSA) is 55.0 Å². The minimum atomic E-state index is -0.214. The van der Waals surface area contributed by atoms with Crippen LogP contribution in [0.15, 0.2) is 17.1 Å². The van der Waals surface area contributed by atoms with Crippen LogP contribution in [0.5, 0.6) is 5.75 Å². The van der Waals surface area contributed by atoms with Gasteiger partial charge in [-0.2, -0.15) is 5.10 Å². The molecule has 1 aliphatic carbocycles. The van der Waals surface area contributed by atoms with E-state index in [0.29, 0.717) is 17.6 Å². The molecular weight excluding hydrogens is 204 g/mol. The van der Waals surface area contributed by atoms with Gasteiger partial charge in [0.2, 0.25) is 0 Å². The Morgan fingerprint density at radius 2 is 2.00 bits per heavy atom. The van der Waals surface area contributed by atoms with Crippen molar-refractivity contribution in [1.29, 1.82) is 0 Å². The second-order valence-corrected chi connectivity index (χ2v) is 4.94. The highest BCUT2D eigenvalue weighted by atomic mass is 16.5. The summed E-state index contributed by atoms with van der Waals surface area (Å²) in [6, 6.07) is 1.46. The Hall–Kier alpha value is -1.32. The van der Waals surface area contributed by atoms with Crippen LogP contribution in [-0.4, -0.2) is 16.3 Å². The second kappa shape index (κ2) is 4.68. The van der Waals surface area contributed by atoms with E-state index in [1.807, 2.05) is 0 Å². The third-order valence-electron chi connectivity index (χ3n) is 3.08. The van der Waals surface area contributed by atoms with E-state index in [2.05, 4.69) is 24.0 Å². The van der Waals surface area contributed by atoms with Gasteiger partial charge < -0.3 is 4.74 Å². The van der Waals surface area contributed by atoms with E-state index in [0.717, 1.165) is 12.8 Å². The number of nitrogens with zero attached hydrogens (tertiary/aromatic N) is 1. The van der Waals surface area contributed by atoms with E-state index < -0.39 is 0 Å². The SMILES string of the molecule is CC1CC(C)CC(Oc2cn[nH]c(=O)c2)C1. The summed E-state index contributed by atoms with van der Waals surface area (Å²) in [6.07, 6.45) is 5.19. The lowest BCUT2D eigenvalue weighted by Crippen LogP contribution is -2.28. The third kappa shape index (κ3) is 2.84. The maximum atomic E-state index is 11.1. The van der Waals surface area contributed by atoms with Gasteiger partial charge in [0.05, 0.1) is 12.3 Å². The van der Waals surface area contributed by atoms with Crippen molar-refractivity contribution in [2.24, 2.45) is 11.8 Å². The Morgan fingerprint density at radius 3 is 2.62 bits per heavy atom. The molecule has 1 aliphatic rings. The molecule has 2 atom stereocenters. The number of rotatable bonds is 2. The van der Waals surface area contributed by atoms with Crippen molar-refractivity contribution in [3.05, 3.63) is 22.6 Å². The van der Waals surface area contributed by atoms with E-state index in [1.54, 1.807) is 6.20 Å². The summed E-state index contributed by atoms with van der Waals surface area (Å²) >= 11 is 0. The molecule has 2 rings (SSSR count). The fraction of sp³-hybridized carbons (Fsp3) is 0.667. The van der Waals surface area contributed by atoms with Crippen LogP contribution in [0.4, 0.5) is 0 Å². The largest absolute Gasteiger partial charge is 0.489 e. The zero-order valence-electron chi connectivity index (χ0n) is 9.77. The average Bonchev–Trinajstić information content (AvgIpc) is 2.15. The zero-order valence-corrected chi connectivity index (χ0v) is 9.77. The van der Waals surface area contributed by atoms with Crippen molar-refractivity contribution in [3.8, 4) is 5.75 Å². The zero-order chi connectivity index (χ0) is 11.5. The lowest BCUT2D eigenvalue weighted by Gasteiger charge is -2.31. The van der Waals surface area contributed by atoms with Crippen LogP contribution in [-0.2, 0) is 0 Å². The molecule has 88 valence electrons. The van der Waals surface area contributed by atoms with Crippen molar-refractivity contribution in [2.75, 3.05) is 0 Å². The molecule has 0 amide bonds. The van der Waals surface area contributed by atoms with Gasteiger partial charge in [-0.1, -0.05) is 13.8 Å². The third-order valence-corrected chi connectivity index (χ3v) is 3.08. The lowest BCUT2D eigenvalue weighted by molar-refractivity contribution is 0.100. The maximum absolute atomic E-state index is 11.1. The van der Waals surface area contributed by atoms with E-state index in [4.69, 9.17) is 4.74 Å². The van der Waals surface area contributed by atoms with Gasteiger partial charge in [-0.3, -0.25) is 4.79 Å². The molecule has 1 saturated carbocycles. The van der Waals surface area contributed by atoms with Gasteiger partial charge in [-0.15, -0.1) is 0 Å². The molecule has 0 radical (unpaired) electrons. The normalized spacial score (nSPS) is 30.0. The predicted octanol–water partition coefficient (Wildman–Crippen LogP) is 1.97. The Kier molecular flexibility index (Phi) is 3.27. The summed E-state index contributed by atoms with van der Waals surface area (Å²) in [7, 11) is 0. The second-order valence-electron chi connectivity index (χ2n) is 4.94. The highest BCUT2D eigenvalue weighted by molar-refractivity contribution is 5.13. The number of ether oxygens (including phenoxy) is 1. The number of hydrogen-bond donors (Lipinski definition) is 1. The fourth-order valence-corrected chi connectivity index (χ4v) is 2.58. The molecule has 16 heavy (non-hydrogen) atoms. The molecule has 0 bridgehead atoms. The number of hydrogen-bond acceptors (Lipinski definition) is 3. The summed E-state index contributed by atoms with van der Waals surface area (Å²) in [5.74, 6) is 1.97. The van der Waals surface area contributed by atoms with Crippen LogP contribution in [0, 0.1) is 11.8 Å². The van der Waals surface area contributed by atoms with Gasteiger partial charge in [0.1, 0.15) is 5.75 Å². The Labute approximate surface area is 95.0 Å². The molecule has 1 aromatic rings. The van der Waals surface area contributed by atoms with Crippen LogP contribution in [0.25, 0.3) is 0 Å². The van der Waals surface area contributed by atoms with Crippen LogP contribution in [0.3, 0.4) is 0 Å². The maximum Gasteiger partial charge on any atom is 0.267 e. The molecule has 0 aliphatic heterocycles. The van der Waals surface area contributed by atoms with Crippen LogP contribution in [0.2, 0.25) is 0 Å². The minimum absolute atomic E-state index is 0.214. The van der Waals surface area contributed by atoms with Crippen LogP contribution >= 0.6 is 0 Å². The summed E-state index contributed by atoms with van der Waals surface area (Å²) in [4.78, 5) is 11.1. The van der Waals surface area contributed by atoms with Gasteiger partial charge in [0.15, 0.2) is 0 Å². The molecule has 4 nitrogen and oxygen atoms in total. The summed E-state index contributed by atoms with van der Waals surface area (Å²) < 4.78 is 5.79. The first kappa shape index (κ1) is 11.2. The van der Waals surface area contributed by atoms with Crippen molar-refractivity contribution >= 4 is 0 Å². The van der Waals surface area contributed by atoms with Gasteiger partial charge in [0, 0.05) is 6.07 Å². The minimum Gasteiger partial charge on any atom is -0.489 e. The molecule has 1 fully saturated rings. The average molecular weight is 222 g/mol. The number of aromatic nitrogens is 2. The summed E-state index contributed by atoms with van der Waals surface area (Å²) in [5, 5.41) is 6.07. The van der Waals surface area contributed by atoms with Gasteiger partial charge in [0.25, 0.3) is 5.56 Å². The van der Waals surface area contributed by atoms with Crippen LogP contribution < -0.4 is 10.3 Å². The fourth-order valence-electron chi connectivity index (χ4n) is 2.58. The summed E-state index contributed by atoms with van der Waals surface area (Å²) in [6.45, 7) is 4.50. The van der Waals surface area contributed by atoms with E-state index >= 15 is 0 Å². The molecule has 1 heterocycles. The Morgan fingerprint density at radius 1 is 1.31 bits per heavy atom. The quantitative estimate of drug-likeness (QED) is 0.832. The molecular formula is C12H18N2O2. The van der Waals surface area contributed by atoms with Crippen molar-refractivity contribution in [1.82, 2.24) is 10.2 Å². The highest BCUT2D eigenvalue weighted by Gasteiger charge is 2.25. The standard InChI is InChI=1S/C12H18N2O2/c1-8-3-9(2)5-10(4-8)16-11-6-12(15)14-13-7-11/h6-10H,3-5H2,1-2H3,(H,14,15). The molecule has 1 aromatic heterocycles. The molecule has 0 saturated heterocycles. The molecule has 2 unspecified atom stereocenters. The van der Waals surface area contributed by atoms with Crippen molar-refractivity contribution in [2.45, 2.75) is 39.2 Å². The summed E-state index contributed by atoms with van der Waals surface area (Å²) in [5.41, 5.74) is -0.214.